The molecular weight excluding hydrogens is 312 g/mol. The lowest BCUT2D eigenvalue weighted by Crippen LogP contribution is -2.50. The number of carbonyl (C=O) groups is 3. The topological polar surface area (TPSA) is 105 Å². The number of anilines is 1. The summed E-state index contributed by atoms with van der Waals surface area (Å²) in [6.07, 6.45) is 1.64. The highest BCUT2D eigenvalue weighted by molar-refractivity contribution is 6.40. The summed E-state index contributed by atoms with van der Waals surface area (Å²) in [4.78, 5) is 35.9. The minimum atomic E-state index is -0.926. The normalized spacial score (nSPS) is 10.8. The summed E-state index contributed by atoms with van der Waals surface area (Å²) in [7, 11) is 0. The van der Waals surface area contributed by atoms with E-state index < -0.39 is 23.3 Å². The van der Waals surface area contributed by atoms with Crippen LogP contribution >= 0.6 is 0 Å². The third-order valence-electron chi connectivity index (χ3n) is 3.18. The van der Waals surface area contributed by atoms with Gasteiger partial charge in [0.15, 0.2) is 0 Å². The molecule has 0 saturated carbocycles. The Morgan fingerprint density at radius 2 is 1.83 bits per heavy atom. The van der Waals surface area contributed by atoms with Gasteiger partial charge in [-0.25, -0.2) is 4.79 Å². The zero-order valence-corrected chi connectivity index (χ0v) is 14.2. The first kappa shape index (κ1) is 19.6. The van der Waals surface area contributed by atoms with Gasteiger partial charge in [0.2, 0.25) is 0 Å². The number of hydrogen-bond donors (Lipinski definition) is 3. The minimum absolute atomic E-state index is 0.177. The predicted octanol–water partition coefficient (Wildman–Crippen LogP) is 1.47. The molecule has 0 aliphatic carbocycles. The van der Waals surface area contributed by atoms with E-state index in [-0.39, 0.29) is 17.9 Å². The quantitative estimate of drug-likeness (QED) is 0.397. The maximum atomic E-state index is 12.1. The van der Waals surface area contributed by atoms with Gasteiger partial charge in [-0.2, -0.15) is 0 Å². The summed E-state index contributed by atoms with van der Waals surface area (Å²) >= 11 is 0. The Labute approximate surface area is 141 Å². The molecule has 0 spiro atoms. The van der Waals surface area contributed by atoms with Crippen molar-refractivity contribution in [2.45, 2.75) is 39.2 Å². The first-order valence-electron chi connectivity index (χ1n) is 7.81. The van der Waals surface area contributed by atoms with Crippen LogP contribution in [0.25, 0.3) is 0 Å². The third-order valence-corrected chi connectivity index (χ3v) is 3.18. The molecule has 0 radical (unpaired) electrons. The fourth-order valence-electron chi connectivity index (χ4n) is 1.74. The predicted molar refractivity (Wildman–Crippen MR) is 89.6 cm³/mol. The van der Waals surface area contributed by atoms with Gasteiger partial charge in [-0.1, -0.05) is 25.5 Å². The van der Waals surface area contributed by atoms with Crippen LogP contribution < -0.4 is 10.6 Å². The van der Waals surface area contributed by atoms with Gasteiger partial charge in [0.1, 0.15) is 0 Å². The molecule has 0 bridgehead atoms. The van der Waals surface area contributed by atoms with Gasteiger partial charge >= 0.3 is 17.8 Å². The molecule has 1 rings (SSSR count). The third kappa shape index (κ3) is 6.00. The van der Waals surface area contributed by atoms with Gasteiger partial charge in [-0.15, -0.1) is 0 Å². The Kier molecular flexibility index (Phi) is 7.38. The van der Waals surface area contributed by atoms with Crippen molar-refractivity contribution in [1.82, 2.24) is 5.32 Å². The fraction of sp³-hybridized carbons (Fsp3) is 0.471. The van der Waals surface area contributed by atoms with Crippen molar-refractivity contribution < 1.29 is 24.2 Å². The van der Waals surface area contributed by atoms with Crippen molar-refractivity contribution in [3.8, 4) is 0 Å². The lowest BCUT2D eigenvalue weighted by molar-refractivity contribution is -0.137. The smallest absolute Gasteiger partial charge is 0.340 e. The molecule has 0 unspecified atom stereocenters. The molecular formula is C17H24N2O5. The number of carbonyl (C=O) groups excluding carboxylic acids is 3. The standard InChI is InChI=1S/C17H24N2O5/c1-4-5-10-24-16(23)12-8-6-7-9-13(12)18-14(21)15(22)19-17(2,3)11-20/h6-9,20H,4-5,10-11H2,1-3H3,(H,18,21)(H,19,22). The van der Waals surface area contributed by atoms with E-state index in [0.717, 1.165) is 12.8 Å². The van der Waals surface area contributed by atoms with E-state index in [4.69, 9.17) is 9.84 Å². The van der Waals surface area contributed by atoms with Gasteiger partial charge in [0, 0.05) is 0 Å². The van der Waals surface area contributed by atoms with Crippen LogP contribution in [0.15, 0.2) is 24.3 Å². The Morgan fingerprint density at radius 3 is 2.46 bits per heavy atom. The van der Waals surface area contributed by atoms with Crippen molar-refractivity contribution in [1.29, 1.82) is 0 Å². The molecule has 1 aromatic rings. The number of aliphatic hydroxyl groups excluding tert-OH is 1. The van der Waals surface area contributed by atoms with Crippen molar-refractivity contribution in [3.05, 3.63) is 29.8 Å². The zero-order valence-electron chi connectivity index (χ0n) is 14.2. The SMILES string of the molecule is CCCCOC(=O)c1ccccc1NC(=O)C(=O)NC(C)(C)CO. The number of hydrogen-bond acceptors (Lipinski definition) is 5. The number of para-hydroxylation sites is 1. The second-order valence-corrected chi connectivity index (χ2v) is 5.99. The Morgan fingerprint density at radius 1 is 1.17 bits per heavy atom. The van der Waals surface area contributed by atoms with Crippen LogP contribution in [0.5, 0.6) is 0 Å². The Bertz CT molecular complexity index is 598. The molecule has 2 amide bonds. The molecule has 0 aliphatic heterocycles. The van der Waals surface area contributed by atoms with Gasteiger partial charge in [0.05, 0.1) is 30.0 Å². The van der Waals surface area contributed by atoms with E-state index in [2.05, 4.69) is 10.6 Å². The molecule has 0 aliphatic rings. The van der Waals surface area contributed by atoms with Crippen molar-refractivity contribution >= 4 is 23.5 Å². The van der Waals surface area contributed by atoms with E-state index in [1.54, 1.807) is 26.0 Å². The summed E-state index contributed by atoms with van der Waals surface area (Å²) in [6, 6.07) is 6.30. The van der Waals surface area contributed by atoms with E-state index in [0.29, 0.717) is 6.61 Å². The van der Waals surface area contributed by atoms with Gasteiger partial charge in [-0.05, 0) is 32.4 Å². The number of rotatable bonds is 7. The lowest BCUT2D eigenvalue weighted by Gasteiger charge is -2.23. The monoisotopic (exact) mass is 336 g/mol. The second-order valence-electron chi connectivity index (χ2n) is 5.99. The lowest BCUT2D eigenvalue weighted by atomic mass is 10.1. The first-order chi connectivity index (χ1) is 11.3. The van der Waals surface area contributed by atoms with Crippen LogP contribution in [0.3, 0.4) is 0 Å². The summed E-state index contributed by atoms with van der Waals surface area (Å²) in [5.41, 5.74) is -0.551. The van der Waals surface area contributed by atoms with Crippen LogP contribution in [-0.2, 0) is 14.3 Å². The molecule has 0 aromatic heterocycles. The molecule has 7 nitrogen and oxygen atoms in total. The van der Waals surface area contributed by atoms with Crippen LogP contribution in [0.2, 0.25) is 0 Å². The highest BCUT2D eigenvalue weighted by atomic mass is 16.5. The summed E-state index contributed by atoms with van der Waals surface area (Å²) < 4.78 is 5.13. The number of aliphatic hydroxyl groups is 1. The number of esters is 1. The molecule has 0 atom stereocenters. The van der Waals surface area contributed by atoms with Crippen LogP contribution in [0, 0.1) is 0 Å². The summed E-state index contributed by atoms with van der Waals surface area (Å²) in [6.45, 7) is 5.12. The molecule has 3 N–H and O–H groups in total. The molecule has 24 heavy (non-hydrogen) atoms. The minimum Gasteiger partial charge on any atom is -0.462 e. The first-order valence-corrected chi connectivity index (χ1v) is 7.81. The zero-order chi connectivity index (χ0) is 18.2. The maximum Gasteiger partial charge on any atom is 0.340 e. The summed E-state index contributed by atoms with van der Waals surface area (Å²) in [5.74, 6) is -2.39. The van der Waals surface area contributed by atoms with Crippen molar-refractivity contribution in [2.75, 3.05) is 18.5 Å². The molecule has 132 valence electrons. The van der Waals surface area contributed by atoms with Crippen LogP contribution in [0.4, 0.5) is 5.69 Å². The largest absolute Gasteiger partial charge is 0.462 e. The highest BCUT2D eigenvalue weighted by Gasteiger charge is 2.24. The van der Waals surface area contributed by atoms with Gasteiger partial charge < -0.3 is 20.5 Å². The Balaban J connectivity index is 2.79. The second kappa shape index (κ2) is 9.02. The summed E-state index contributed by atoms with van der Waals surface area (Å²) in [5, 5.41) is 13.9. The van der Waals surface area contributed by atoms with Crippen LogP contribution in [-0.4, -0.2) is 41.6 Å². The molecule has 1 aromatic carbocycles. The van der Waals surface area contributed by atoms with Gasteiger partial charge in [-0.3, -0.25) is 9.59 Å². The average molecular weight is 336 g/mol. The molecule has 7 heteroatoms. The fourth-order valence-corrected chi connectivity index (χ4v) is 1.74. The van der Waals surface area contributed by atoms with Crippen molar-refractivity contribution in [3.63, 3.8) is 0 Å². The number of benzene rings is 1. The average Bonchev–Trinajstić information content (AvgIpc) is 2.55. The number of amides is 2. The molecule has 0 saturated heterocycles. The number of unbranched alkanes of at least 4 members (excludes halogenated alkanes) is 1. The van der Waals surface area contributed by atoms with Gasteiger partial charge in [0.25, 0.3) is 0 Å². The Hall–Kier alpha value is -2.41. The van der Waals surface area contributed by atoms with Crippen LogP contribution in [0.1, 0.15) is 44.0 Å². The van der Waals surface area contributed by atoms with E-state index in [1.165, 1.54) is 12.1 Å². The highest BCUT2D eigenvalue weighted by Crippen LogP contribution is 2.16. The molecule has 0 heterocycles. The van der Waals surface area contributed by atoms with E-state index >= 15 is 0 Å². The van der Waals surface area contributed by atoms with E-state index in [1.807, 2.05) is 6.92 Å². The number of ether oxygens (including phenoxy) is 1. The number of nitrogens with one attached hydrogen (secondary N) is 2. The van der Waals surface area contributed by atoms with Crippen molar-refractivity contribution in [2.24, 2.45) is 0 Å². The van der Waals surface area contributed by atoms with E-state index in [9.17, 15) is 14.4 Å². The maximum absolute atomic E-state index is 12.1. The molecule has 0 fully saturated rings.